The molecule has 0 saturated carbocycles. The van der Waals surface area contributed by atoms with E-state index in [9.17, 15) is 0 Å². The fraction of sp³-hybridized carbons (Fsp3) is 0. The van der Waals surface area contributed by atoms with Crippen molar-refractivity contribution in [1.29, 1.82) is 0 Å². The van der Waals surface area contributed by atoms with E-state index >= 15 is 0 Å². The molecule has 20 aromatic rings. The van der Waals surface area contributed by atoms with E-state index in [1.165, 1.54) is 156 Å². The van der Waals surface area contributed by atoms with E-state index in [4.69, 9.17) is 0 Å². The van der Waals surface area contributed by atoms with Crippen LogP contribution >= 0.6 is 22.7 Å². The molecular weight excluding hydrogens is 1290 g/mol. The lowest BCUT2D eigenvalue weighted by Crippen LogP contribution is -2.10. The van der Waals surface area contributed by atoms with Crippen molar-refractivity contribution in [3.05, 3.63) is 388 Å². The van der Waals surface area contributed by atoms with Crippen molar-refractivity contribution in [3.63, 3.8) is 0 Å². The Balaban J connectivity index is 0.621. The van der Waals surface area contributed by atoms with Gasteiger partial charge in [-0.3, -0.25) is 0 Å². The van der Waals surface area contributed by atoms with E-state index in [0.29, 0.717) is 0 Å². The molecule has 4 heteroatoms. The van der Waals surface area contributed by atoms with Gasteiger partial charge in [-0.2, -0.15) is 0 Å². The van der Waals surface area contributed by atoms with E-state index in [1.54, 1.807) is 0 Å². The Morgan fingerprint density at radius 1 is 0.163 bits per heavy atom. The van der Waals surface area contributed by atoms with Crippen molar-refractivity contribution in [2.45, 2.75) is 0 Å². The summed E-state index contributed by atoms with van der Waals surface area (Å²) >= 11 is 3.73. The summed E-state index contributed by atoms with van der Waals surface area (Å²) in [7, 11) is 0. The molecule has 0 aliphatic carbocycles. The molecule has 2 nitrogen and oxygen atoms in total. The Bertz CT molecular complexity index is 6700. The molecule has 0 aliphatic heterocycles. The first-order valence-electron chi connectivity index (χ1n) is 35.6. The molecule has 0 saturated heterocycles. The van der Waals surface area contributed by atoms with Crippen molar-refractivity contribution in [2.75, 3.05) is 9.80 Å². The molecular formula is C100H64N2S2. The molecule has 0 spiro atoms. The second-order valence-electron chi connectivity index (χ2n) is 27.0. The Kier molecular flexibility index (Phi) is 15.0. The fourth-order valence-corrected chi connectivity index (χ4v) is 18.5. The average molecular weight is 1360 g/mol. The number of hydrogen-bond acceptors (Lipinski definition) is 4. The summed E-state index contributed by atoms with van der Waals surface area (Å²) in [4.78, 5) is 4.88. The van der Waals surface area contributed by atoms with Gasteiger partial charge < -0.3 is 9.80 Å². The maximum atomic E-state index is 2.45. The second-order valence-corrected chi connectivity index (χ2v) is 29.1. The molecule has 486 valence electrons. The third-order valence-electron chi connectivity index (χ3n) is 21.1. The number of fused-ring (bicyclic) bond motifs is 10. The van der Waals surface area contributed by atoms with Gasteiger partial charge in [0.05, 0.1) is 20.8 Å². The summed E-state index contributed by atoms with van der Waals surface area (Å²) in [6.07, 6.45) is 0. The van der Waals surface area contributed by atoms with Crippen LogP contribution in [-0.4, -0.2) is 0 Å². The average Bonchev–Trinajstić information content (AvgIpc) is 1.41. The molecule has 0 radical (unpaired) electrons. The van der Waals surface area contributed by atoms with Crippen molar-refractivity contribution in [3.8, 4) is 77.9 Å². The van der Waals surface area contributed by atoms with Gasteiger partial charge in [-0.1, -0.05) is 303 Å². The minimum absolute atomic E-state index is 1.09. The lowest BCUT2D eigenvalue weighted by molar-refractivity contribution is 1.30. The van der Waals surface area contributed by atoms with Gasteiger partial charge in [0.2, 0.25) is 0 Å². The van der Waals surface area contributed by atoms with Crippen molar-refractivity contribution in [2.24, 2.45) is 0 Å². The van der Waals surface area contributed by atoms with Crippen LogP contribution in [0.2, 0.25) is 0 Å². The van der Waals surface area contributed by atoms with Gasteiger partial charge in [0, 0.05) is 53.7 Å². The van der Waals surface area contributed by atoms with Gasteiger partial charge in [0.1, 0.15) is 0 Å². The van der Waals surface area contributed by atoms with Crippen LogP contribution in [0.1, 0.15) is 0 Å². The van der Waals surface area contributed by atoms with Gasteiger partial charge in [-0.15, -0.1) is 22.7 Å². The van der Waals surface area contributed by atoms with Crippen LogP contribution in [0.4, 0.5) is 34.1 Å². The lowest BCUT2D eigenvalue weighted by Gasteiger charge is -2.26. The van der Waals surface area contributed by atoms with Crippen molar-refractivity contribution >= 4 is 140 Å². The first kappa shape index (κ1) is 61.0. The third kappa shape index (κ3) is 10.6. The zero-order valence-electron chi connectivity index (χ0n) is 56.7. The third-order valence-corrected chi connectivity index (χ3v) is 23.5. The summed E-state index contributed by atoms with van der Waals surface area (Å²) < 4.78 is 5.10. The number of rotatable bonds is 13. The number of hydrogen-bond donors (Lipinski definition) is 0. The van der Waals surface area contributed by atoms with Crippen LogP contribution in [0, 0.1) is 0 Å². The van der Waals surface area contributed by atoms with Crippen LogP contribution in [0.5, 0.6) is 0 Å². The van der Waals surface area contributed by atoms with Crippen LogP contribution in [0.25, 0.3) is 161 Å². The predicted octanol–water partition coefficient (Wildman–Crippen LogP) is 29.6. The molecule has 20 rings (SSSR count). The highest BCUT2D eigenvalue weighted by Gasteiger charge is 2.23. The molecule has 0 amide bonds. The van der Waals surface area contributed by atoms with Crippen molar-refractivity contribution in [1.82, 2.24) is 0 Å². The molecule has 104 heavy (non-hydrogen) atoms. The molecule has 2 aromatic heterocycles. The zero-order chi connectivity index (χ0) is 68.6. The standard InChI is InChI=1S/C100H64N2S2/c1-2-19-65(20-3-1)72-46-45-67-23-12-30-83(94(67)64-72)71-53-61-78(62-54-71)102(96-42-18-40-93-91-28-7-9-44-98(91)104-100(93)96)77-59-51-70(52-60-77)82-32-14-38-89-85(34-16-36-87(82)89)74-25-10-24-73(63-74)84-33-15-35-86-81(31-13-37-88(84)86)69-49-57-76(58-50-69)101(95-41-17-39-92-90-27-6-8-43-97(90)103-99(92)95)75-55-47-68(48-56-75)80-29-11-22-66-21-4-5-26-79(66)80/h1-64H. The first-order chi connectivity index (χ1) is 51.6. The quantitative estimate of drug-likeness (QED) is 0.114. The predicted molar refractivity (Wildman–Crippen MR) is 450 cm³/mol. The second kappa shape index (κ2) is 25.6. The largest absolute Gasteiger partial charge is 0.309 e. The van der Waals surface area contributed by atoms with Crippen LogP contribution in [0.3, 0.4) is 0 Å². The monoisotopic (exact) mass is 1360 g/mol. The Hall–Kier alpha value is -13.0. The van der Waals surface area contributed by atoms with E-state index in [-0.39, 0.29) is 0 Å². The molecule has 0 N–H and O–H groups in total. The van der Waals surface area contributed by atoms with Gasteiger partial charge in [-0.05, 0) is 206 Å². The maximum absolute atomic E-state index is 2.45. The topological polar surface area (TPSA) is 6.48 Å². The van der Waals surface area contributed by atoms with Gasteiger partial charge >= 0.3 is 0 Å². The molecule has 0 atom stereocenters. The Morgan fingerprint density at radius 2 is 0.462 bits per heavy atom. The molecule has 0 unspecified atom stereocenters. The van der Waals surface area contributed by atoms with E-state index in [0.717, 1.165) is 39.7 Å². The van der Waals surface area contributed by atoms with Crippen molar-refractivity contribution < 1.29 is 0 Å². The molecule has 0 aliphatic rings. The van der Waals surface area contributed by atoms with Gasteiger partial charge in [0.25, 0.3) is 0 Å². The normalized spacial score (nSPS) is 11.7. The Labute approximate surface area is 611 Å². The molecule has 0 fully saturated rings. The smallest absolute Gasteiger partial charge is 0.0640 e. The molecule has 2 heterocycles. The number of nitrogens with zero attached hydrogens (tertiary/aromatic N) is 2. The zero-order valence-corrected chi connectivity index (χ0v) is 58.3. The first-order valence-corrected chi connectivity index (χ1v) is 37.2. The summed E-state index contributed by atoms with van der Waals surface area (Å²) in [5.74, 6) is 0. The Morgan fingerprint density at radius 3 is 0.913 bits per heavy atom. The summed E-state index contributed by atoms with van der Waals surface area (Å²) in [5, 5.41) is 14.9. The highest BCUT2D eigenvalue weighted by Crippen LogP contribution is 2.49. The highest BCUT2D eigenvalue weighted by molar-refractivity contribution is 7.26. The van der Waals surface area contributed by atoms with E-state index < -0.39 is 0 Å². The number of anilines is 6. The number of thiophene rings is 2. The minimum atomic E-state index is 1.09. The van der Waals surface area contributed by atoms with Crippen LogP contribution in [-0.2, 0) is 0 Å². The van der Waals surface area contributed by atoms with Crippen LogP contribution in [0.15, 0.2) is 388 Å². The molecule has 0 bridgehead atoms. The fourth-order valence-electron chi connectivity index (χ4n) is 16.1. The minimum Gasteiger partial charge on any atom is -0.309 e. The number of benzene rings is 18. The van der Waals surface area contributed by atoms with E-state index in [1.807, 2.05) is 22.7 Å². The maximum Gasteiger partial charge on any atom is 0.0640 e. The summed E-state index contributed by atoms with van der Waals surface area (Å²) in [6, 6.07) is 144. The van der Waals surface area contributed by atoms with Crippen LogP contribution < -0.4 is 9.80 Å². The summed E-state index contributed by atoms with van der Waals surface area (Å²) in [5.41, 5.74) is 23.5. The van der Waals surface area contributed by atoms with E-state index in [2.05, 4.69) is 398 Å². The van der Waals surface area contributed by atoms with Gasteiger partial charge in [0.15, 0.2) is 0 Å². The van der Waals surface area contributed by atoms with Gasteiger partial charge in [-0.25, -0.2) is 0 Å². The highest BCUT2D eigenvalue weighted by atomic mass is 32.1. The summed E-state index contributed by atoms with van der Waals surface area (Å²) in [6.45, 7) is 0. The lowest BCUT2D eigenvalue weighted by atomic mass is 9.90. The molecule has 18 aromatic carbocycles. The SMILES string of the molecule is c1ccc(-c2ccc3cccc(-c4ccc(N(c5ccc(-c6cccc7c(-c8cccc(-c9cccc%10c(-c%11ccc(N(c%12ccc(-c%13cccc%14ccccc%13%14)cc%12)c%12cccc%13c%12sc%12ccccc%12%13)cc%11)cccc9%10)c8)cccc67)cc5)c5cccc6c5sc5ccccc56)cc4)c3c2)cc1.